The standard InChI is InChI=1S/C18H12Cl2FNO2/c1-10-3-2-4-12(17(10)20)15-7-8-16(24-15)18(23)22-11-5-6-14(21)13(19)9-11/h2-9H,1H3,(H,22,23). The minimum Gasteiger partial charge on any atom is -0.451 e. The zero-order valence-electron chi connectivity index (χ0n) is 12.6. The number of furan rings is 1. The molecule has 3 rings (SSSR count). The number of rotatable bonds is 3. The number of carbonyl (C=O) groups excluding carboxylic acids is 1. The first kappa shape index (κ1) is 16.6. The Bertz CT molecular complexity index is 921. The quantitative estimate of drug-likeness (QED) is 0.624. The van der Waals surface area contributed by atoms with Crippen LogP contribution in [0, 0.1) is 12.7 Å². The van der Waals surface area contributed by atoms with E-state index in [4.69, 9.17) is 27.6 Å². The molecule has 0 radical (unpaired) electrons. The lowest BCUT2D eigenvalue weighted by Gasteiger charge is -2.05. The van der Waals surface area contributed by atoms with Gasteiger partial charge in [0.05, 0.1) is 10.0 Å². The smallest absolute Gasteiger partial charge is 0.291 e. The van der Waals surface area contributed by atoms with Crippen molar-refractivity contribution in [2.75, 3.05) is 5.32 Å². The van der Waals surface area contributed by atoms with Gasteiger partial charge in [0.2, 0.25) is 0 Å². The molecule has 0 unspecified atom stereocenters. The van der Waals surface area contributed by atoms with Crippen LogP contribution in [-0.4, -0.2) is 5.91 Å². The lowest BCUT2D eigenvalue weighted by Crippen LogP contribution is -2.10. The van der Waals surface area contributed by atoms with Gasteiger partial charge >= 0.3 is 0 Å². The number of hydrogen-bond donors (Lipinski definition) is 1. The maximum atomic E-state index is 13.1. The van der Waals surface area contributed by atoms with E-state index < -0.39 is 11.7 Å². The van der Waals surface area contributed by atoms with Crippen molar-refractivity contribution in [2.45, 2.75) is 6.92 Å². The van der Waals surface area contributed by atoms with E-state index in [1.165, 1.54) is 18.2 Å². The second-order valence-electron chi connectivity index (χ2n) is 5.18. The summed E-state index contributed by atoms with van der Waals surface area (Å²) in [5, 5.41) is 3.10. The Balaban J connectivity index is 1.83. The molecule has 1 N–H and O–H groups in total. The molecule has 24 heavy (non-hydrogen) atoms. The van der Waals surface area contributed by atoms with E-state index in [9.17, 15) is 9.18 Å². The number of anilines is 1. The molecule has 1 amide bonds. The summed E-state index contributed by atoms with van der Waals surface area (Å²) in [6.07, 6.45) is 0. The van der Waals surface area contributed by atoms with Crippen LogP contribution >= 0.6 is 23.2 Å². The first-order chi connectivity index (χ1) is 11.5. The van der Waals surface area contributed by atoms with Gasteiger partial charge in [0.15, 0.2) is 5.76 Å². The Labute approximate surface area is 148 Å². The van der Waals surface area contributed by atoms with Crippen molar-refractivity contribution >= 4 is 34.8 Å². The molecule has 3 nitrogen and oxygen atoms in total. The van der Waals surface area contributed by atoms with E-state index in [1.807, 2.05) is 25.1 Å². The second-order valence-corrected chi connectivity index (χ2v) is 5.97. The highest BCUT2D eigenvalue weighted by molar-refractivity contribution is 6.34. The van der Waals surface area contributed by atoms with E-state index in [2.05, 4.69) is 5.32 Å². The molecule has 0 saturated carbocycles. The lowest BCUT2D eigenvalue weighted by molar-refractivity contribution is 0.0997. The van der Waals surface area contributed by atoms with E-state index in [1.54, 1.807) is 12.1 Å². The summed E-state index contributed by atoms with van der Waals surface area (Å²) in [5.74, 6) is -0.411. The van der Waals surface area contributed by atoms with Crippen LogP contribution in [0.3, 0.4) is 0 Å². The third-order valence-corrected chi connectivity index (χ3v) is 4.26. The highest BCUT2D eigenvalue weighted by Gasteiger charge is 2.15. The number of amides is 1. The van der Waals surface area contributed by atoms with Crippen molar-refractivity contribution in [3.63, 3.8) is 0 Å². The predicted octanol–water partition coefficient (Wildman–Crippen LogP) is 5.95. The predicted molar refractivity (Wildman–Crippen MR) is 93.3 cm³/mol. The summed E-state index contributed by atoms with van der Waals surface area (Å²) < 4.78 is 18.7. The normalized spacial score (nSPS) is 10.7. The molecule has 2 aromatic carbocycles. The molecule has 0 aliphatic heterocycles. The Hall–Kier alpha value is -2.30. The molecule has 6 heteroatoms. The van der Waals surface area contributed by atoms with Gasteiger partial charge in [0, 0.05) is 11.3 Å². The topological polar surface area (TPSA) is 42.2 Å². The molecule has 0 saturated heterocycles. The number of carbonyl (C=O) groups is 1. The average molecular weight is 364 g/mol. The van der Waals surface area contributed by atoms with Gasteiger partial charge in [0.25, 0.3) is 5.91 Å². The van der Waals surface area contributed by atoms with Crippen molar-refractivity contribution in [3.05, 3.63) is 75.7 Å². The Morgan fingerprint density at radius 3 is 2.67 bits per heavy atom. The maximum absolute atomic E-state index is 13.1. The van der Waals surface area contributed by atoms with Gasteiger partial charge in [-0.3, -0.25) is 4.79 Å². The number of aryl methyl sites for hydroxylation is 1. The SMILES string of the molecule is Cc1cccc(-c2ccc(C(=O)Nc3ccc(F)c(Cl)c3)o2)c1Cl. The third kappa shape index (κ3) is 3.30. The number of nitrogens with one attached hydrogen (secondary N) is 1. The van der Waals surface area contributed by atoms with E-state index in [0.29, 0.717) is 22.0 Å². The molecule has 0 spiro atoms. The molecule has 0 fully saturated rings. The summed E-state index contributed by atoms with van der Waals surface area (Å²) in [6.45, 7) is 1.89. The van der Waals surface area contributed by atoms with Gasteiger partial charge in [-0.1, -0.05) is 35.3 Å². The maximum Gasteiger partial charge on any atom is 0.291 e. The van der Waals surface area contributed by atoms with Crippen molar-refractivity contribution in [1.29, 1.82) is 0 Å². The van der Waals surface area contributed by atoms with Crippen LogP contribution in [0.2, 0.25) is 10.0 Å². The van der Waals surface area contributed by atoms with Gasteiger partial charge in [-0.15, -0.1) is 0 Å². The summed E-state index contributed by atoms with van der Waals surface area (Å²) in [4.78, 5) is 12.2. The summed E-state index contributed by atoms with van der Waals surface area (Å²) in [6, 6.07) is 12.7. The fraction of sp³-hybridized carbons (Fsp3) is 0.0556. The van der Waals surface area contributed by atoms with Gasteiger partial charge < -0.3 is 9.73 Å². The van der Waals surface area contributed by atoms with Crippen LogP contribution in [0.4, 0.5) is 10.1 Å². The third-order valence-electron chi connectivity index (χ3n) is 3.46. The minimum absolute atomic E-state index is 0.0699. The minimum atomic E-state index is -0.552. The molecule has 0 aliphatic carbocycles. The molecular formula is C18H12Cl2FNO2. The molecular weight excluding hydrogens is 352 g/mol. The molecule has 0 bridgehead atoms. The molecule has 1 aromatic heterocycles. The van der Waals surface area contributed by atoms with Gasteiger partial charge in [-0.05, 0) is 48.9 Å². The molecule has 122 valence electrons. The van der Waals surface area contributed by atoms with E-state index >= 15 is 0 Å². The highest BCUT2D eigenvalue weighted by atomic mass is 35.5. The van der Waals surface area contributed by atoms with E-state index in [-0.39, 0.29) is 10.8 Å². The first-order valence-electron chi connectivity index (χ1n) is 7.07. The van der Waals surface area contributed by atoms with Crippen molar-refractivity contribution in [1.82, 2.24) is 0 Å². The Kier molecular flexibility index (Phi) is 4.60. The van der Waals surface area contributed by atoms with Crippen molar-refractivity contribution in [3.8, 4) is 11.3 Å². The molecule has 1 heterocycles. The van der Waals surface area contributed by atoms with Crippen LogP contribution in [0.1, 0.15) is 16.1 Å². The number of hydrogen-bond acceptors (Lipinski definition) is 2. The zero-order valence-corrected chi connectivity index (χ0v) is 14.1. The Morgan fingerprint density at radius 1 is 1.12 bits per heavy atom. The summed E-state index contributed by atoms with van der Waals surface area (Å²) >= 11 is 12.0. The monoisotopic (exact) mass is 363 g/mol. The number of benzene rings is 2. The average Bonchev–Trinajstić information content (AvgIpc) is 3.03. The van der Waals surface area contributed by atoms with Gasteiger partial charge in [-0.2, -0.15) is 0 Å². The van der Waals surface area contributed by atoms with Crippen LogP contribution < -0.4 is 5.32 Å². The van der Waals surface area contributed by atoms with Crippen molar-refractivity contribution < 1.29 is 13.6 Å². The largest absolute Gasteiger partial charge is 0.451 e. The lowest BCUT2D eigenvalue weighted by atomic mass is 10.1. The molecule has 0 atom stereocenters. The van der Waals surface area contributed by atoms with Crippen LogP contribution in [0.25, 0.3) is 11.3 Å². The van der Waals surface area contributed by atoms with Gasteiger partial charge in [0.1, 0.15) is 11.6 Å². The highest BCUT2D eigenvalue weighted by Crippen LogP contribution is 2.31. The first-order valence-corrected chi connectivity index (χ1v) is 7.83. The second kappa shape index (κ2) is 6.67. The van der Waals surface area contributed by atoms with Crippen LogP contribution in [-0.2, 0) is 0 Å². The Morgan fingerprint density at radius 2 is 1.92 bits per heavy atom. The number of halogens is 3. The molecule has 0 aliphatic rings. The zero-order chi connectivity index (χ0) is 17.3. The fourth-order valence-corrected chi connectivity index (χ4v) is 2.61. The molecule has 3 aromatic rings. The van der Waals surface area contributed by atoms with Crippen LogP contribution in [0.15, 0.2) is 52.9 Å². The fourth-order valence-electron chi connectivity index (χ4n) is 2.21. The summed E-state index contributed by atoms with van der Waals surface area (Å²) in [5.41, 5.74) is 2.00. The van der Waals surface area contributed by atoms with Gasteiger partial charge in [-0.25, -0.2) is 4.39 Å². The van der Waals surface area contributed by atoms with Crippen molar-refractivity contribution in [2.24, 2.45) is 0 Å². The van der Waals surface area contributed by atoms with Crippen LogP contribution in [0.5, 0.6) is 0 Å². The summed E-state index contributed by atoms with van der Waals surface area (Å²) in [7, 11) is 0. The van der Waals surface area contributed by atoms with E-state index in [0.717, 1.165) is 5.56 Å².